The Morgan fingerprint density at radius 3 is 2.61 bits per heavy atom. The minimum Gasteiger partial charge on any atom is -0.494 e. The van der Waals surface area contributed by atoms with Gasteiger partial charge in [0.1, 0.15) is 28.9 Å². The number of nitrogens with one attached hydrogen (secondary N) is 2. The number of nitrogens with zero attached hydrogens (tertiary/aromatic N) is 6. The second-order valence-corrected chi connectivity index (χ2v) is 10.4. The normalized spacial score (nSPS) is 11.4. The summed E-state index contributed by atoms with van der Waals surface area (Å²) < 4.78 is 12.5. The molecule has 13 nitrogen and oxygen atoms in total. The van der Waals surface area contributed by atoms with Crippen molar-refractivity contribution < 1.29 is 18.7 Å². The maximum atomic E-state index is 14.2. The van der Waals surface area contributed by atoms with Crippen molar-refractivity contribution in [2.75, 3.05) is 35.7 Å². The van der Waals surface area contributed by atoms with Gasteiger partial charge in [0.15, 0.2) is 17.2 Å². The van der Waals surface area contributed by atoms with Crippen LogP contribution in [0.1, 0.15) is 32.4 Å². The monoisotopic (exact) mass is 642 g/mol. The summed E-state index contributed by atoms with van der Waals surface area (Å²) in [5, 5.41) is 5.78. The summed E-state index contributed by atoms with van der Waals surface area (Å²) in [5.41, 5.74) is 1.14. The molecule has 236 valence electrons. The molecule has 5 rings (SSSR count). The van der Waals surface area contributed by atoms with Gasteiger partial charge in [-0.3, -0.25) is 19.0 Å². The van der Waals surface area contributed by atoms with Gasteiger partial charge in [-0.25, -0.2) is 19.9 Å². The van der Waals surface area contributed by atoms with Crippen LogP contribution in [0.3, 0.4) is 0 Å². The zero-order valence-electron chi connectivity index (χ0n) is 25.6. The molecule has 5 aromatic rings. The molecule has 0 saturated heterocycles. The van der Waals surface area contributed by atoms with Crippen LogP contribution in [0, 0.1) is 0 Å². The number of hydrogen-bond donors (Lipinski definition) is 2. The Balaban J connectivity index is 1.73. The summed E-state index contributed by atoms with van der Waals surface area (Å²) in [6.07, 6.45) is 4.10. The molecule has 0 aliphatic rings. The highest BCUT2D eigenvalue weighted by atomic mass is 35.5. The lowest BCUT2D eigenvalue weighted by molar-refractivity contribution is -0.114. The van der Waals surface area contributed by atoms with Crippen LogP contribution in [0.25, 0.3) is 11.0 Å². The Morgan fingerprint density at radius 1 is 1.11 bits per heavy atom. The van der Waals surface area contributed by atoms with Gasteiger partial charge in [0.25, 0.3) is 11.5 Å². The average molecular weight is 643 g/mol. The van der Waals surface area contributed by atoms with Gasteiger partial charge < -0.3 is 24.7 Å². The number of fused-ring (bicyclic) bond motifs is 1. The van der Waals surface area contributed by atoms with Gasteiger partial charge in [-0.1, -0.05) is 11.6 Å². The lowest BCUT2D eigenvalue weighted by atomic mass is 10.2. The van der Waals surface area contributed by atoms with Crippen molar-refractivity contribution in [2.45, 2.75) is 27.3 Å². The van der Waals surface area contributed by atoms with Crippen LogP contribution in [-0.2, 0) is 16.1 Å². The van der Waals surface area contributed by atoms with E-state index in [9.17, 15) is 14.4 Å². The Hall–Kier alpha value is -5.56. The number of benzene rings is 2. The molecule has 0 atom stereocenters. The number of methoxy groups -OCH3 is 1. The molecule has 2 N–H and O–H groups in total. The molecule has 14 heteroatoms. The Labute approximate surface area is 268 Å². The van der Waals surface area contributed by atoms with E-state index in [1.807, 2.05) is 26.0 Å². The third-order valence-electron chi connectivity index (χ3n) is 7.01. The fourth-order valence-electron chi connectivity index (χ4n) is 4.80. The van der Waals surface area contributed by atoms with Crippen LogP contribution < -0.4 is 25.8 Å². The number of ether oxygens (including phenoxy) is 1. The highest BCUT2D eigenvalue weighted by Crippen LogP contribution is 2.33. The Kier molecular flexibility index (Phi) is 9.72. The first-order valence-corrected chi connectivity index (χ1v) is 14.7. The third-order valence-corrected chi connectivity index (χ3v) is 7.34. The van der Waals surface area contributed by atoms with Crippen molar-refractivity contribution in [3.05, 3.63) is 94.3 Å². The number of furan rings is 1. The number of aromatic nitrogens is 4. The molecule has 0 spiro atoms. The van der Waals surface area contributed by atoms with Gasteiger partial charge >= 0.3 is 0 Å². The number of hydrogen-bond acceptors (Lipinski definition) is 10. The number of amides is 2. The van der Waals surface area contributed by atoms with Crippen molar-refractivity contribution in [1.82, 2.24) is 19.5 Å². The van der Waals surface area contributed by atoms with Crippen LogP contribution in [-0.4, -0.2) is 57.2 Å². The average Bonchev–Trinajstić information content (AvgIpc) is 3.57. The Morgan fingerprint density at radius 2 is 1.91 bits per heavy atom. The predicted molar refractivity (Wildman–Crippen MR) is 177 cm³/mol. The van der Waals surface area contributed by atoms with Crippen molar-refractivity contribution >= 4 is 62.9 Å². The van der Waals surface area contributed by atoms with E-state index in [1.165, 1.54) is 49.5 Å². The van der Waals surface area contributed by atoms with Crippen molar-refractivity contribution in [1.29, 1.82) is 0 Å². The topological polar surface area (TPSA) is 157 Å². The van der Waals surface area contributed by atoms with E-state index in [0.29, 0.717) is 22.9 Å². The van der Waals surface area contributed by atoms with Crippen molar-refractivity contribution in [3.63, 3.8) is 0 Å². The van der Waals surface area contributed by atoms with Gasteiger partial charge in [-0.2, -0.15) is 0 Å². The summed E-state index contributed by atoms with van der Waals surface area (Å²) in [7, 11) is 1.51. The molecule has 2 amide bonds. The van der Waals surface area contributed by atoms with Gasteiger partial charge in [0, 0.05) is 43.7 Å². The summed E-state index contributed by atoms with van der Waals surface area (Å²) in [4.78, 5) is 59.4. The van der Waals surface area contributed by atoms with Crippen LogP contribution >= 0.6 is 11.6 Å². The minimum absolute atomic E-state index is 0.0674. The van der Waals surface area contributed by atoms with Crippen molar-refractivity contribution in [2.24, 2.45) is 4.99 Å². The molecule has 0 unspecified atom stereocenters. The fourth-order valence-corrected chi connectivity index (χ4v) is 4.97. The maximum absolute atomic E-state index is 14.2. The molecule has 0 aliphatic carbocycles. The Bertz CT molecular complexity index is 1990. The number of anilines is 3. The van der Waals surface area contributed by atoms with Gasteiger partial charge in [0.05, 0.1) is 30.6 Å². The molecule has 2 aromatic carbocycles. The van der Waals surface area contributed by atoms with Gasteiger partial charge in [0.2, 0.25) is 5.91 Å². The summed E-state index contributed by atoms with van der Waals surface area (Å²) in [6, 6.07) is 13.4. The number of carbonyl (C=O) groups is 2. The number of rotatable bonds is 11. The largest absolute Gasteiger partial charge is 0.494 e. The van der Waals surface area contributed by atoms with E-state index in [2.05, 4.69) is 30.5 Å². The molecular formula is C32H31ClN8O5. The lowest BCUT2D eigenvalue weighted by Gasteiger charge is -2.22. The fraction of sp³-hybridized carbons (Fsp3) is 0.219. The molecule has 0 fully saturated rings. The molecule has 3 heterocycles. The zero-order chi connectivity index (χ0) is 32.8. The molecular weight excluding hydrogens is 612 g/mol. The van der Waals surface area contributed by atoms with Gasteiger partial charge in [-0.15, -0.1) is 0 Å². The molecule has 0 bridgehead atoms. The first-order chi connectivity index (χ1) is 22.2. The molecule has 46 heavy (non-hydrogen) atoms. The third kappa shape index (κ3) is 6.89. The molecule has 0 saturated carbocycles. The van der Waals surface area contributed by atoms with Crippen LogP contribution in [0.15, 0.2) is 81.5 Å². The second kappa shape index (κ2) is 14.0. The number of halogens is 1. The van der Waals surface area contributed by atoms with Gasteiger partial charge in [-0.05, 0) is 56.3 Å². The van der Waals surface area contributed by atoms with E-state index in [-0.39, 0.29) is 45.7 Å². The van der Waals surface area contributed by atoms with Crippen molar-refractivity contribution in [3.8, 4) is 5.75 Å². The maximum Gasteiger partial charge on any atom is 0.278 e. The number of aliphatic imine (C=N–C) groups is 1. The van der Waals surface area contributed by atoms with E-state index >= 15 is 0 Å². The molecule has 3 aromatic heterocycles. The van der Waals surface area contributed by atoms with Crippen LogP contribution in [0.2, 0.25) is 5.02 Å². The van der Waals surface area contributed by atoms with E-state index in [4.69, 9.17) is 25.7 Å². The van der Waals surface area contributed by atoms with Crippen LogP contribution in [0.5, 0.6) is 5.75 Å². The van der Waals surface area contributed by atoms with Crippen LogP contribution in [0.4, 0.5) is 22.7 Å². The first kappa shape index (κ1) is 31.9. The SMILES string of the molecule is CCN(CC)c1ccc(/N=C(\C(=O)Nc2cc(NC(C)=O)ccc2Cl)c2nc3ncncc3c(=O)n2Cc2ccco2)c(OC)c1. The standard InChI is InChI=1S/C32H31ClN8O5/c1-5-40(6-2)21-10-12-25(27(15-21)45-4)37-28(31(43)38-26-14-20(36-19(3)42)9-11-24(26)33)30-39-29-23(16-34-18-35-29)32(44)41(30)17-22-8-7-13-46-22/h7-16,18H,5-6,17H2,1-4H3,(H,36,42)(H,38,43)/b37-28-. The lowest BCUT2D eigenvalue weighted by Crippen LogP contribution is -2.34. The molecule has 0 radical (unpaired) electrons. The van der Waals surface area contributed by atoms with E-state index < -0.39 is 11.5 Å². The zero-order valence-corrected chi connectivity index (χ0v) is 26.3. The molecule has 0 aliphatic heterocycles. The second-order valence-electron chi connectivity index (χ2n) is 9.98. The first-order valence-electron chi connectivity index (χ1n) is 14.4. The summed E-state index contributed by atoms with van der Waals surface area (Å²) in [6.45, 7) is 6.94. The quantitative estimate of drug-likeness (QED) is 0.188. The predicted octanol–water partition coefficient (Wildman–Crippen LogP) is 5.05. The highest BCUT2D eigenvalue weighted by Gasteiger charge is 2.25. The highest BCUT2D eigenvalue weighted by molar-refractivity contribution is 6.49. The number of carbonyl (C=O) groups excluding carboxylic acids is 2. The summed E-state index contributed by atoms with van der Waals surface area (Å²) in [5.74, 6) is -0.303. The smallest absolute Gasteiger partial charge is 0.278 e. The minimum atomic E-state index is -0.745. The van der Waals surface area contributed by atoms with E-state index in [1.54, 1.807) is 24.3 Å². The van der Waals surface area contributed by atoms with E-state index in [0.717, 1.165) is 18.8 Å². The summed E-state index contributed by atoms with van der Waals surface area (Å²) >= 11 is 6.45.